The monoisotopic (exact) mass is 270 g/mol. The van der Waals surface area contributed by atoms with Gasteiger partial charge in [0.25, 0.3) is 0 Å². The number of nitrogens with one attached hydrogen (secondary N) is 1. The van der Waals surface area contributed by atoms with E-state index in [-0.39, 0.29) is 0 Å². The molecule has 0 atom stereocenters. The molecule has 1 N–H and O–H groups in total. The molecule has 0 bridgehead atoms. The lowest BCUT2D eigenvalue weighted by atomic mass is 10.00. The topological polar surface area (TPSA) is 40.1 Å². The molecule has 5 nitrogen and oxygen atoms in total. The first-order valence-electron chi connectivity index (χ1n) is 7.30. The number of nitrogens with zero attached hydrogens (tertiary/aromatic N) is 3. The van der Waals surface area contributed by atoms with Crippen molar-refractivity contribution < 1.29 is 4.74 Å². The van der Waals surface area contributed by atoms with Crippen LogP contribution in [0.2, 0.25) is 0 Å². The van der Waals surface area contributed by atoms with Crippen molar-refractivity contribution in [1.29, 1.82) is 0 Å². The summed E-state index contributed by atoms with van der Waals surface area (Å²) in [6, 6.07) is 0. The molecule has 112 valence electrons. The molecule has 0 radical (unpaired) electrons. The summed E-state index contributed by atoms with van der Waals surface area (Å²) in [5.74, 6) is 1.90. The number of methoxy groups -OCH3 is 1. The Balaban J connectivity index is 2.22. The summed E-state index contributed by atoms with van der Waals surface area (Å²) >= 11 is 0. The summed E-state index contributed by atoms with van der Waals surface area (Å²) < 4.78 is 5.07. The second kappa shape index (κ2) is 9.15. The third-order valence-corrected chi connectivity index (χ3v) is 3.75. The minimum Gasteiger partial charge on any atom is -0.383 e. The van der Waals surface area contributed by atoms with Crippen molar-refractivity contribution in [3.05, 3.63) is 0 Å². The molecule has 0 saturated carbocycles. The molecule has 1 aliphatic heterocycles. The Morgan fingerprint density at radius 1 is 1.37 bits per heavy atom. The Hall–Kier alpha value is -0.810. The molecule has 1 aliphatic rings. The minimum absolute atomic E-state index is 0.787. The van der Waals surface area contributed by atoms with E-state index in [1.165, 1.54) is 12.8 Å². The van der Waals surface area contributed by atoms with Crippen molar-refractivity contribution in [2.75, 3.05) is 60.5 Å². The second-order valence-electron chi connectivity index (χ2n) is 5.44. The quantitative estimate of drug-likeness (QED) is 0.574. The molecule has 1 rings (SSSR count). The van der Waals surface area contributed by atoms with Crippen LogP contribution in [0.4, 0.5) is 0 Å². The van der Waals surface area contributed by atoms with E-state index in [1.54, 1.807) is 7.11 Å². The van der Waals surface area contributed by atoms with Crippen molar-refractivity contribution >= 4 is 5.96 Å². The highest BCUT2D eigenvalue weighted by Gasteiger charge is 2.18. The summed E-state index contributed by atoms with van der Waals surface area (Å²) in [5.41, 5.74) is 0. The molecule has 0 aromatic rings. The maximum Gasteiger partial charge on any atom is 0.193 e. The van der Waals surface area contributed by atoms with Crippen molar-refractivity contribution in [2.45, 2.75) is 19.8 Å². The zero-order chi connectivity index (χ0) is 14.1. The number of aliphatic imine (C=N–C) groups is 1. The molecule has 19 heavy (non-hydrogen) atoms. The molecular formula is C14H30N4O. The summed E-state index contributed by atoms with van der Waals surface area (Å²) in [7, 11) is 5.73. The fourth-order valence-corrected chi connectivity index (χ4v) is 2.27. The number of likely N-dealkylation sites (N-methyl/N-ethyl adjacent to an activating group) is 1. The van der Waals surface area contributed by atoms with Gasteiger partial charge in [0.15, 0.2) is 5.96 Å². The maximum atomic E-state index is 5.07. The van der Waals surface area contributed by atoms with Crippen molar-refractivity contribution in [3.63, 3.8) is 0 Å². The highest BCUT2D eigenvalue weighted by atomic mass is 16.5. The Labute approximate surface area is 118 Å². The molecule has 0 amide bonds. The van der Waals surface area contributed by atoms with Gasteiger partial charge in [-0.3, -0.25) is 4.99 Å². The van der Waals surface area contributed by atoms with Gasteiger partial charge in [-0.2, -0.15) is 0 Å². The smallest absolute Gasteiger partial charge is 0.193 e. The first-order valence-corrected chi connectivity index (χ1v) is 7.30. The van der Waals surface area contributed by atoms with E-state index in [1.807, 2.05) is 7.05 Å². The van der Waals surface area contributed by atoms with Crippen molar-refractivity contribution in [1.82, 2.24) is 15.1 Å². The molecule has 1 heterocycles. The van der Waals surface area contributed by atoms with E-state index in [0.29, 0.717) is 0 Å². The maximum absolute atomic E-state index is 5.07. The van der Waals surface area contributed by atoms with Gasteiger partial charge in [-0.15, -0.1) is 0 Å². The minimum atomic E-state index is 0.787. The zero-order valence-corrected chi connectivity index (χ0v) is 13.0. The Morgan fingerprint density at radius 3 is 2.63 bits per heavy atom. The van der Waals surface area contributed by atoms with E-state index < -0.39 is 0 Å². The van der Waals surface area contributed by atoms with Crippen LogP contribution in [-0.2, 0) is 4.74 Å². The standard InChI is InChI=1S/C14H30N4O/c1-13-5-8-18(9-6-13)14(15-2)16-7-10-17(3)11-12-19-4/h13H,5-12H2,1-4H3,(H,15,16). The summed E-state index contributed by atoms with van der Waals surface area (Å²) in [5, 5.41) is 3.45. The molecular weight excluding hydrogens is 240 g/mol. The van der Waals surface area contributed by atoms with Crippen LogP contribution in [0.1, 0.15) is 19.8 Å². The molecule has 0 spiro atoms. The normalized spacial score (nSPS) is 18.2. The number of piperidine rings is 1. The third kappa shape index (κ3) is 6.25. The first-order chi connectivity index (χ1) is 9.17. The Kier molecular flexibility index (Phi) is 7.82. The van der Waals surface area contributed by atoms with Crippen LogP contribution in [0.3, 0.4) is 0 Å². The third-order valence-electron chi connectivity index (χ3n) is 3.75. The van der Waals surface area contributed by atoms with Gasteiger partial charge in [-0.05, 0) is 25.8 Å². The summed E-state index contributed by atoms with van der Waals surface area (Å²) in [6.07, 6.45) is 2.54. The van der Waals surface area contributed by atoms with E-state index in [4.69, 9.17) is 4.74 Å². The number of hydrogen-bond acceptors (Lipinski definition) is 3. The molecule has 0 aromatic heterocycles. The highest BCUT2D eigenvalue weighted by molar-refractivity contribution is 5.79. The largest absolute Gasteiger partial charge is 0.383 e. The van der Waals surface area contributed by atoms with Gasteiger partial charge < -0.3 is 19.9 Å². The molecule has 5 heteroatoms. The van der Waals surface area contributed by atoms with Gasteiger partial charge >= 0.3 is 0 Å². The van der Waals surface area contributed by atoms with Crippen LogP contribution in [0.15, 0.2) is 4.99 Å². The van der Waals surface area contributed by atoms with E-state index in [2.05, 4.69) is 34.1 Å². The number of rotatable bonds is 6. The fourth-order valence-electron chi connectivity index (χ4n) is 2.27. The number of guanidine groups is 1. The van der Waals surface area contributed by atoms with Gasteiger partial charge in [0.05, 0.1) is 6.61 Å². The van der Waals surface area contributed by atoms with Crippen LogP contribution < -0.4 is 5.32 Å². The van der Waals surface area contributed by atoms with Crippen LogP contribution in [0.25, 0.3) is 0 Å². The zero-order valence-electron chi connectivity index (χ0n) is 13.0. The van der Waals surface area contributed by atoms with Gasteiger partial charge in [-0.25, -0.2) is 0 Å². The van der Waals surface area contributed by atoms with Gasteiger partial charge in [0, 0.05) is 46.9 Å². The van der Waals surface area contributed by atoms with Crippen molar-refractivity contribution in [3.8, 4) is 0 Å². The molecule has 1 saturated heterocycles. The van der Waals surface area contributed by atoms with Gasteiger partial charge in [0.2, 0.25) is 0 Å². The van der Waals surface area contributed by atoms with E-state index in [0.717, 1.165) is 51.2 Å². The molecule has 1 fully saturated rings. The van der Waals surface area contributed by atoms with Gasteiger partial charge in [-0.1, -0.05) is 6.92 Å². The number of ether oxygens (including phenoxy) is 1. The lowest BCUT2D eigenvalue weighted by Gasteiger charge is -2.33. The first kappa shape index (κ1) is 16.2. The van der Waals surface area contributed by atoms with Crippen LogP contribution in [0, 0.1) is 5.92 Å². The Morgan fingerprint density at radius 2 is 2.05 bits per heavy atom. The van der Waals surface area contributed by atoms with E-state index >= 15 is 0 Å². The van der Waals surface area contributed by atoms with Crippen molar-refractivity contribution in [2.24, 2.45) is 10.9 Å². The lowest BCUT2D eigenvalue weighted by molar-refractivity contribution is 0.162. The summed E-state index contributed by atoms with van der Waals surface area (Å²) in [6.45, 7) is 8.28. The van der Waals surface area contributed by atoms with E-state index in [9.17, 15) is 0 Å². The number of likely N-dealkylation sites (tertiary alicyclic amines) is 1. The predicted molar refractivity (Wildman–Crippen MR) is 80.7 cm³/mol. The van der Waals surface area contributed by atoms with Gasteiger partial charge in [0.1, 0.15) is 0 Å². The van der Waals surface area contributed by atoms with Crippen LogP contribution >= 0.6 is 0 Å². The SMILES string of the molecule is CN=C(NCCN(C)CCOC)N1CCC(C)CC1. The van der Waals surface area contributed by atoms with Crippen LogP contribution in [-0.4, -0.2) is 76.3 Å². The number of hydrogen-bond donors (Lipinski definition) is 1. The molecule has 0 aromatic carbocycles. The highest BCUT2D eigenvalue weighted by Crippen LogP contribution is 2.15. The lowest BCUT2D eigenvalue weighted by Crippen LogP contribution is -2.47. The fraction of sp³-hybridized carbons (Fsp3) is 0.929. The Bertz CT molecular complexity index is 262. The second-order valence-corrected chi connectivity index (χ2v) is 5.44. The average molecular weight is 270 g/mol. The predicted octanol–water partition coefficient (Wildman–Crippen LogP) is 0.872. The molecule has 0 aliphatic carbocycles. The molecule has 0 unspecified atom stereocenters. The average Bonchev–Trinajstić information content (AvgIpc) is 2.42. The van der Waals surface area contributed by atoms with Crippen LogP contribution in [0.5, 0.6) is 0 Å². The summed E-state index contributed by atoms with van der Waals surface area (Å²) in [4.78, 5) is 9.02.